The van der Waals surface area contributed by atoms with E-state index in [-0.39, 0.29) is 11.5 Å². The highest BCUT2D eigenvalue weighted by molar-refractivity contribution is 5.57. The summed E-state index contributed by atoms with van der Waals surface area (Å²) in [6.45, 7) is 10.8. The quantitative estimate of drug-likeness (QED) is 0.313. The van der Waals surface area contributed by atoms with Crippen LogP contribution in [0.3, 0.4) is 0 Å². The van der Waals surface area contributed by atoms with Crippen molar-refractivity contribution in [2.45, 2.75) is 45.1 Å². The number of nitrogens with one attached hydrogen (secondary N) is 2. The van der Waals surface area contributed by atoms with Crippen LogP contribution < -0.4 is 5.32 Å². The van der Waals surface area contributed by atoms with Gasteiger partial charge in [0.05, 0.1) is 11.2 Å². The van der Waals surface area contributed by atoms with Crippen molar-refractivity contribution >= 4 is 0 Å². The van der Waals surface area contributed by atoms with Crippen molar-refractivity contribution in [3.63, 3.8) is 0 Å². The molecule has 3 aromatic carbocycles. The molecule has 1 aliphatic heterocycles. The Morgan fingerprint density at radius 2 is 1.44 bits per heavy atom. The van der Waals surface area contributed by atoms with Crippen molar-refractivity contribution < 1.29 is 0 Å². The lowest BCUT2D eigenvalue weighted by Crippen LogP contribution is -2.56. The van der Waals surface area contributed by atoms with Gasteiger partial charge in [0.1, 0.15) is 5.82 Å². The molecule has 36 heavy (non-hydrogen) atoms. The van der Waals surface area contributed by atoms with Gasteiger partial charge in [-0.05, 0) is 31.4 Å². The molecule has 4 aromatic rings. The molecular formula is C32H38N4. The molecule has 186 valence electrons. The van der Waals surface area contributed by atoms with Crippen LogP contribution in [-0.2, 0) is 12.0 Å². The smallest absolute Gasteiger partial charge is 0.137 e. The lowest BCUT2D eigenvalue weighted by molar-refractivity contribution is 0.0671. The summed E-state index contributed by atoms with van der Waals surface area (Å²) in [7, 11) is 0. The molecule has 1 saturated heterocycles. The van der Waals surface area contributed by atoms with Crippen molar-refractivity contribution in [2.75, 3.05) is 26.2 Å². The average Bonchev–Trinajstić information content (AvgIpc) is 3.35. The molecule has 4 nitrogen and oxygen atoms in total. The van der Waals surface area contributed by atoms with E-state index in [0.29, 0.717) is 0 Å². The second-order valence-corrected chi connectivity index (χ2v) is 10.2. The van der Waals surface area contributed by atoms with Crippen LogP contribution in [0.25, 0.3) is 11.4 Å². The van der Waals surface area contributed by atoms with Crippen LogP contribution in [0.1, 0.15) is 54.3 Å². The van der Waals surface area contributed by atoms with Gasteiger partial charge in [-0.3, -0.25) is 4.90 Å². The Kier molecular flexibility index (Phi) is 7.35. The maximum absolute atomic E-state index is 5.43. The Balaban J connectivity index is 1.74. The zero-order chi connectivity index (χ0) is 25.0. The van der Waals surface area contributed by atoms with E-state index in [9.17, 15) is 0 Å². The number of H-pyrrole nitrogens is 1. The van der Waals surface area contributed by atoms with Gasteiger partial charge in [0.2, 0.25) is 0 Å². The lowest BCUT2D eigenvalue weighted by atomic mass is 9.72. The predicted octanol–water partition coefficient (Wildman–Crippen LogP) is 6.29. The van der Waals surface area contributed by atoms with E-state index in [0.717, 1.165) is 50.4 Å². The molecule has 4 heteroatoms. The summed E-state index contributed by atoms with van der Waals surface area (Å²) in [5, 5.41) is 3.56. The van der Waals surface area contributed by atoms with Gasteiger partial charge in [-0.25, -0.2) is 4.98 Å². The van der Waals surface area contributed by atoms with E-state index >= 15 is 0 Å². The Morgan fingerprint density at radius 1 is 0.861 bits per heavy atom. The Morgan fingerprint density at radius 3 is 2.00 bits per heavy atom. The molecular weight excluding hydrogens is 440 g/mol. The first kappa shape index (κ1) is 24.5. The van der Waals surface area contributed by atoms with Crippen LogP contribution in [0.2, 0.25) is 0 Å². The first-order chi connectivity index (χ1) is 17.6. The number of hydrogen-bond acceptors (Lipinski definition) is 3. The highest BCUT2D eigenvalue weighted by atomic mass is 15.3. The molecule has 0 aliphatic carbocycles. The molecule has 1 aromatic heterocycles. The minimum Gasteiger partial charge on any atom is -0.342 e. The number of piperazine rings is 1. The van der Waals surface area contributed by atoms with Gasteiger partial charge in [0.15, 0.2) is 0 Å². The highest BCUT2D eigenvalue weighted by Crippen LogP contribution is 2.47. The van der Waals surface area contributed by atoms with E-state index < -0.39 is 0 Å². The molecule has 2 heterocycles. The minimum absolute atomic E-state index is 0.141. The molecule has 0 saturated carbocycles. The SMILES string of the molecule is CCCc1[nH]c(-c2ccc(C)cc2)nc1C(C)(C(c1ccccc1)c1ccccc1)N1CCNCC1. The van der Waals surface area contributed by atoms with Crippen molar-refractivity contribution in [3.05, 3.63) is 113 Å². The summed E-state index contributed by atoms with van der Waals surface area (Å²) in [4.78, 5) is 11.9. The Hall–Kier alpha value is -3.21. The van der Waals surface area contributed by atoms with Crippen molar-refractivity contribution in [1.82, 2.24) is 20.2 Å². The summed E-state index contributed by atoms with van der Waals surface area (Å²) in [5.74, 6) is 1.11. The van der Waals surface area contributed by atoms with Gasteiger partial charge in [0, 0.05) is 43.4 Å². The van der Waals surface area contributed by atoms with E-state index in [1.54, 1.807) is 0 Å². The summed E-state index contributed by atoms with van der Waals surface area (Å²) in [6, 6.07) is 30.7. The third kappa shape index (κ3) is 4.76. The Bertz CT molecular complexity index is 1200. The highest BCUT2D eigenvalue weighted by Gasteiger charge is 2.46. The summed E-state index contributed by atoms with van der Waals surface area (Å²) >= 11 is 0. The van der Waals surface area contributed by atoms with Gasteiger partial charge in [-0.2, -0.15) is 0 Å². The molecule has 1 atom stereocenters. The monoisotopic (exact) mass is 478 g/mol. The zero-order valence-electron chi connectivity index (χ0n) is 21.8. The van der Waals surface area contributed by atoms with Crippen LogP contribution >= 0.6 is 0 Å². The molecule has 0 radical (unpaired) electrons. The van der Waals surface area contributed by atoms with Crippen molar-refractivity contribution in [3.8, 4) is 11.4 Å². The predicted molar refractivity (Wildman–Crippen MR) is 149 cm³/mol. The second-order valence-electron chi connectivity index (χ2n) is 10.2. The van der Waals surface area contributed by atoms with Crippen LogP contribution in [0.5, 0.6) is 0 Å². The fraction of sp³-hybridized carbons (Fsp3) is 0.344. The fourth-order valence-electron chi connectivity index (χ4n) is 5.84. The van der Waals surface area contributed by atoms with E-state index in [1.807, 2.05) is 0 Å². The third-order valence-corrected chi connectivity index (χ3v) is 7.69. The maximum atomic E-state index is 5.43. The van der Waals surface area contributed by atoms with Gasteiger partial charge in [-0.15, -0.1) is 0 Å². The Labute approximate surface area is 215 Å². The number of aromatic amines is 1. The van der Waals surface area contributed by atoms with Gasteiger partial charge < -0.3 is 10.3 Å². The van der Waals surface area contributed by atoms with Crippen LogP contribution in [0.4, 0.5) is 0 Å². The minimum atomic E-state index is -0.325. The van der Waals surface area contributed by atoms with Gasteiger partial charge in [-0.1, -0.05) is 104 Å². The number of rotatable bonds is 8. The summed E-state index contributed by atoms with van der Waals surface area (Å²) in [5.41, 5.74) is 7.17. The average molecular weight is 479 g/mol. The molecule has 0 amide bonds. The van der Waals surface area contributed by atoms with Gasteiger partial charge >= 0.3 is 0 Å². The first-order valence-electron chi connectivity index (χ1n) is 13.3. The number of hydrogen-bond donors (Lipinski definition) is 2. The van der Waals surface area contributed by atoms with E-state index in [2.05, 4.69) is 121 Å². The normalized spacial score (nSPS) is 16.2. The number of benzene rings is 3. The second kappa shape index (κ2) is 10.8. The van der Waals surface area contributed by atoms with Crippen LogP contribution in [0.15, 0.2) is 84.9 Å². The van der Waals surface area contributed by atoms with Gasteiger partial charge in [0.25, 0.3) is 0 Å². The lowest BCUT2D eigenvalue weighted by Gasteiger charge is -2.48. The van der Waals surface area contributed by atoms with Crippen molar-refractivity contribution in [2.24, 2.45) is 0 Å². The first-order valence-corrected chi connectivity index (χ1v) is 13.3. The van der Waals surface area contributed by atoms with Crippen LogP contribution in [0, 0.1) is 6.92 Å². The molecule has 5 rings (SSSR count). The zero-order valence-corrected chi connectivity index (χ0v) is 21.8. The fourth-order valence-corrected chi connectivity index (χ4v) is 5.84. The molecule has 1 fully saturated rings. The molecule has 1 aliphatic rings. The molecule has 1 unspecified atom stereocenters. The number of imidazole rings is 1. The number of aryl methyl sites for hydroxylation is 2. The van der Waals surface area contributed by atoms with Crippen LogP contribution in [-0.4, -0.2) is 41.0 Å². The summed E-state index contributed by atoms with van der Waals surface area (Å²) in [6.07, 6.45) is 2.05. The topological polar surface area (TPSA) is 44.0 Å². The standard InChI is InChI=1S/C32H38N4/c1-4-11-28-30(35-31(34-28)27-18-16-24(2)17-19-27)32(3,36-22-20-33-21-23-36)29(25-12-7-5-8-13-25)26-14-9-6-10-15-26/h5-10,12-19,29,33H,4,11,20-23H2,1-3H3,(H,34,35). The van der Waals surface area contributed by atoms with E-state index in [1.165, 1.54) is 28.1 Å². The molecule has 0 bridgehead atoms. The third-order valence-electron chi connectivity index (χ3n) is 7.69. The number of nitrogens with zero attached hydrogens (tertiary/aromatic N) is 2. The molecule has 0 spiro atoms. The van der Waals surface area contributed by atoms with E-state index in [4.69, 9.17) is 4.98 Å². The van der Waals surface area contributed by atoms with Crippen molar-refractivity contribution in [1.29, 1.82) is 0 Å². The number of aromatic nitrogens is 2. The largest absolute Gasteiger partial charge is 0.342 e. The summed E-state index contributed by atoms with van der Waals surface area (Å²) < 4.78 is 0. The molecule has 2 N–H and O–H groups in total. The maximum Gasteiger partial charge on any atom is 0.137 e.